The Morgan fingerprint density at radius 2 is 1.71 bits per heavy atom. The second-order valence-electron chi connectivity index (χ2n) is 5.61. The van der Waals surface area contributed by atoms with E-state index in [2.05, 4.69) is 15.3 Å². The molecule has 0 spiro atoms. The minimum atomic E-state index is 0.000941. The Morgan fingerprint density at radius 1 is 1.14 bits per heavy atom. The second-order valence-corrected chi connectivity index (χ2v) is 5.61. The predicted molar refractivity (Wildman–Crippen MR) is 84.4 cm³/mol. The first kappa shape index (κ1) is 15.7. The smallest absolute Gasteiger partial charge is 0.256 e. The van der Waals surface area contributed by atoms with Crippen LogP contribution in [0, 0.1) is 0 Å². The fourth-order valence-electron chi connectivity index (χ4n) is 2.81. The molecule has 0 aliphatic heterocycles. The molecule has 1 N–H and O–H groups in total. The van der Waals surface area contributed by atoms with Crippen molar-refractivity contribution in [3.05, 3.63) is 18.0 Å². The highest BCUT2D eigenvalue weighted by molar-refractivity contribution is 5.93. The summed E-state index contributed by atoms with van der Waals surface area (Å²) >= 11 is 0. The number of nitrogens with one attached hydrogen (secondary N) is 1. The average molecular weight is 290 g/mol. The molecule has 0 radical (unpaired) electrons. The van der Waals surface area contributed by atoms with E-state index >= 15 is 0 Å². The van der Waals surface area contributed by atoms with E-state index in [-0.39, 0.29) is 5.91 Å². The topological polar surface area (TPSA) is 58.1 Å². The maximum atomic E-state index is 12.2. The number of carbonyl (C=O) groups is 1. The van der Waals surface area contributed by atoms with Gasteiger partial charge in [0.25, 0.3) is 5.91 Å². The van der Waals surface area contributed by atoms with Crippen LogP contribution in [-0.4, -0.2) is 39.9 Å². The minimum absolute atomic E-state index is 0.000941. The Labute approximate surface area is 127 Å². The zero-order chi connectivity index (χ0) is 15.1. The van der Waals surface area contributed by atoms with Crippen molar-refractivity contribution >= 4 is 11.9 Å². The summed E-state index contributed by atoms with van der Waals surface area (Å²) < 4.78 is 0. The summed E-state index contributed by atoms with van der Waals surface area (Å²) in [5.41, 5.74) is 0.560. The third-order valence-electron chi connectivity index (χ3n) is 4.14. The number of aromatic nitrogens is 2. The summed E-state index contributed by atoms with van der Waals surface area (Å²) in [7, 11) is 0. The maximum Gasteiger partial charge on any atom is 0.256 e. The molecular weight excluding hydrogens is 264 g/mol. The first-order chi connectivity index (χ1) is 10.2. The van der Waals surface area contributed by atoms with Crippen LogP contribution >= 0.6 is 0 Å². The summed E-state index contributed by atoms with van der Waals surface area (Å²) in [6, 6.07) is 0.469. The van der Waals surface area contributed by atoms with Gasteiger partial charge in [-0.1, -0.05) is 25.7 Å². The van der Waals surface area contributed by atoms with E-state index in [0.717, 1.165) is 0 Å². The largest absolute Gasteiger partial charge is 0.351 e. The Morgan fingerprint density at radius 3 is 2.24 bits per heavy atom. The number of amides is 1. The lowest BCUT2D eigenvalue weighted by atomic mass is 10.1. The summed E-state index contributed by atoms with van der Waals surface area (Å²) in [6.07, 6.45) is 10.8. The van der Waals surface area contributed by atoms with E-state index in [1.807, 2.05) is 13.8 Å². The molecule has 1 saturated carbocycles. The SMILES string of the molecule is CCN(CC)C(=O)c1cnc(NC2CCCCCC2)nc1. The molecule has 1 fully saturated rings. The van der Waals surface area contributed by atoms with Crippen LogP contribution in [0.5, 0.6) is 0 Å². The minimum Gasteiger partial charge on any atom is -0.351 e. The van der Waals surface area contributed by atoms with Crippen molar-refractivity contribution in [1.29, 1.82) is 0 Å². The van der Waals surface area contributed by atoms with E-state index < -0.39 is 0 Å². The van der Waals surface area contributed by atoms with Gasteiger partial charge in [-0.3, -0.25) is 4.79 Å². The molecule has 1 aliphatic carbocycles. The molecule has 116 valence electrons. The van der Waals surface area contributed by atoms with Gasteiger partial charge in [0.2, 0.25) is 5.95 Å². The molecule has 1 aromatic rings. The molecule has 1 amide bonds. The van der Waals surface area contributed by atoms with Crippen molar-refractivity contribution < 1.29 is 4.79 Å². The normalized spacial score (nSPS) is 16.3. The Hall–Kier alpha value is -1.65. The molecule has 5 nitrogen and oxygen atoms in total. The van der Waals surface area contributed by atoms with Crippen molar-refractivity contribution in [3.63, 3.8) is 0 Å². The summed E-state index contributed by atoms with van der Waals surface area (Å²) in [5.74, 6) is 0.638. The van der Waals surface area contributed by atoms with Crippen molar-refractivity contribution in [1.82, 2.24) is 14.9 Å². The number of hydrogen-bond acceptors (Lipinski definition) is 4. The van der Waals surface area contributed by atoms with Gasteiger partial charge in [-0.05, 0) is 26.7 Å². The van der Waals surface area contributed by atoms with Gasteiger partial charge >= 0.3 is 0 Å². The molecule has 0 bridgehead atoms. The molecule has 1 aliphatic rings. The molecule has 5 heteroatoms. The van der Waals surface area contributed by atoms with Gasteiger partial charge in [0.15, 0.2) is 0 Å². The number of carbonyl (C=O) groups excluding carboxylic acids is 1. The van der Waals surface area contributed by atoms with Crippen LogP contribution in [0.4, 0.5) is 5.95 Å². The van der Waals surface area contributed by atoms with Gasteiger partial charge in [0.1, 0.15) is 0 Å². The Balaban J connectivity index is 1.96. The lowest BCUT2D eigenvalue weighted by Crippen LogP contribution is -2.30. The maximum absolute atomic E-state index is 12.2. The molecule has 1 heterocycles. The van der Waals surface area contributed by atoms with Gasteiger partial charge in [-0.15, -0.1) is 0 Å². The Bertz CT molecular complexity index is 434. The van der Waals surface area contributed by atoms with Gasteiger partial charge in [-0.25, -0.2) is 9.97 Å². The number of nitrogens with zero attached hydrogens (tertiary/aromatic N) is 3. The highest BCUT2D eigenvalue weighted by Crippen LogP contribution is 2.19. The standard InChI is InChI=1S/C16H26N4O/c1-3-20(4-2)15(21)13-11-17-16(18-12-13)19-14-9-7-5-6-8-10-14/h11-12,14H,3-10H2,1-2H3,(H,17,18,19). The lowest BCUT2D eigenvalue weighted by molar-refractivity contribution is 0.0772. The van der Waals surface area contributed by atoms with Crippen molar-refractivity contribution in [2.75, 3.05) is 18.4 Å². The van der Waals surface area contributed by atoms with E-state index in [9.17, 15) is 4.79 Å². The molecule has 2 rings (SSSR count). The van der Waals surface area contributed by atoms with E-state index in [0.29, 0.717) is 30.6 Å². The third kappa shape index (κ3) is 4.41. The third-order valence-corrected chi connectivity index (χ3v) is 4.14. The zero-order valence-corrected chi connectivity index (χ0v) is 13.1. The molecule has 21 heavy (non-hydrogen) atoms. The number of anilines is 1. The molecular formula is C16H26N4O. The van der Waals surface area contributed by atoms with E-state index in [1.54, 1.807) is 17.3 Å². The monoisotopic (exact) mass is 290 g/mol. The molecule has 1 aromatic heterocycles. The molecule has 0 aromatic carbocycles. The lowest BCUT2D eigenvalue weighted by Gasteiger charge is -2.19. The van der Waals surface area contributed by atoms with Crippen LogP contribution in [0.15, 0.2) is 12.4 Å². The fraction of sp³-hybridized carbons (Fsp3) is 0.688. The summed E-state index contributed by atoms with van der Waals surface area (Å²) in [6.45, 7) is 5.36. The predicted octanol–water partition coefficient (Wildman–Crippen LogP) is 3.09. The molecule has 0 unspecified atom stereocenters. The van der Waals surface area contributed by atoms with Crippen molar-refractivity contribution in [2.24, 2.45) is 0 Å². The fourth-order valence-corrected chi connectivity index (χ4v) is 2.81. The van der Waals surface area contributed by atoms with Crippen LogP contribution < -0.4 is 5.32 Å². The summed E-state index contributed by atoms with van der Waals surface area (Å²) in [4.78, 5) is 22.6. The van der Waals surface area contributed by atoms with Crippen LogP contribution in [0.2, 0.25) is 0 Å². The Kier molecular flexibility index (Phi) is 5.96. The van der Waals surface area contributed by atoms with Crippen LogP contribution in [0.1, 0.15) is 62.7 Å². The van der Waals surface area contributed by atoms with E-state index in [4.69, 9.17) is 0 Å². The van der Waals surface area contributed by atoms with Gasteiger partial charge in [0.05, 0.1) is 5.56 Å². The van der Waals surface area contributed by atoms with Crippen LogP contribution in [-0.2, 0) is 0 Å². The molecule has 0 atom stereocenters. The zero-order valence-electron chi connectivity index (χ0n) is 13.1. The van der Waals surface area contributed by atoms with Crippen LogP contribution in [0.3, 0.4) is 0 Å². The van der Waals surface area contributed by atoms with E-state index in [1.165, 1.54) is 38.5 Å². The molecule has 0 saturated heterocycles. The summed E-state index contributed by atoms with van der Waals surface area (Å²) in [5, 5.41) is 3.40. The van der Waals surface area contributed by atoms with Gasteiger partial charge in [0, 0.05) is 31.5 Å². The second kappa shape index (κ2) is 7.96. The number of hydrogen-bond donors (Lipinski definition) is 1. The average Bonchev–Trinajstić information content (AvgIpc) is 2.78. The highest BCUT2D eigenvalue weighted by atomic mass is 16.2. The van der Waals surface area contributed by atoms with Gasteiger partial charge in [-0.2, -0.15) is 0 Å². The van der Waals surface area contributed by atoms with Crippen molar-refractivity contribution in [2.45, 2.75) is 58.4 Å². The van der Waals surface area contributed by atoms with Gasteiger partial charge < -0.3 is 10.2 Å². The first-order valence-electron chi connectivity index (χ1n) is 8.12. The highest BCUT2D eigenvalue weighted by Gasteiger charge is 2.15. The van der Waals surface area contributed by atoms with Crippen molar-refractivity contribution in [3.8, 4) is 0 Å². The number of rotatable bonds is 5. The first-order valence-corrected chi connectivity index (χ1v) is 8.12. The van der Waals surface area contributed by atoms with Crippen LogP contribution in [0.25, 0.3) is 0 Å². The quantitative estimate of drug-likeness (QED) is 0.847.